The summed E-state index contributed by atoms with van der Waals surface area (Å²) in [5, 5.41) is 22.7. The van der Waals surface area contributed by atoms with Gasteiger partial charge in [0.1, 0.15) is 0 Å². The zero-order valence-electron chi connectivity index (χ0n) is 31.5. The monoisotopic (exact) mass is 668 g/mol. The maximum atomic E-state index is 12.3. The fraction of sp³-hybridized carbons (Fsp3) is 0.705. The lowest BCUT2D eigenvalue weighted by molar-refractivity contribution is -0.123. The summed E-state index contributed by atoms with van der Waals surface area (Å²) in [7, 11) is 0. The highest BCUT2D eigenvalue weighted by Crippen LogP contribution is 2.14. The van der Waals surface area contributed by atoms with Crippen LogP contribution in [0.3, 0.4) is 0 Å². The summed E-state index contributed by atoms with van der Waals surface area (Å²) in [5.41, 5.74) is 0. The third-order valence-electron chi connectivity index (χ3n) is 8.70. The fourth-order valence-corrected chi connectivity index (χ4v) is 5.61. The molecular weight excluding hydrogens is 590 g/mol. The second-order valence-electron chi connectivity index (χ2n) is 13.3. The van der Waals surface area contributed by atoms with E-state index < -0.39 is 12.1 Å². The Morgan fingerprint density at radius 2 is 0.917 bits per heavy atom. The van der Waals surface area contributed by atoms with Gasteiger partial charge in [0.2, 0.25) is 5.91 Å². The van der Waals surface area contributed by atoms with Crippen LogP contribution in [0.1, 0.15) is 181 Å². The molecule has 48 heavy (non-hydrogen) atoms. The summed E-state index contributed by atoms with van der Waals surface area (Å²) in [5.74, 6) is -0.0739. The molecule has 0 aromatic heterocycles. The summed E-state index contributed by atoms with van der Waals surface area (Å²) in [6.45, 7) is 4.13. The molecule has 3 N–H and O–H groups in total. The van der Waals surface area contributed by atoms with Gasteiger partial charge in [-0.15, -0.1) is 0 Å². The van der Waals surface area contributed by atoms with Crippen molar-refractivity contribution in [2.45, 2.75) is 193 Å². The van der Waals surface area contributed by atoms with Crippen LogP contribution in [0, 0.1) is 0 Å². The largest absolute Gasteiger partial charge is 0.394 e. The minimum absolute atomic E-state index is 0.0739. The third-order valence-corrected chi connectivity index (χ3v) is 8.70. The zero-order chi connectivity index (χ0) is 35.0. The second-order valence-corrected chi connectivity index (χ2v) is 13.3. The zero-order valence-corrected chi connectivity index (χ0v) is 31.5. The minimum atomic E-state index is -0.838. The smallest absolute Gasteiger partial charge is 0.220 e. The highest BCUT2D eigenvalue weighted by Gasteiger charge is 2.17. The van der Waals surface area contributed by atoms with E-state index in [0.29, 0.717) is 6.42 Å². The molecule has 0 saturated carbocycles. The molecule has 0 aliphatic heterocycles. The molecule has 0 bridgehead atoms. The van der Waals surface area contributed by atoms with Gasteiger partial charge in [-0.05, 0) is 64.2 Å². The Bertz CT molecular complexity index is 853. The number of hydrogen-bond acceptors (Lipinski definition) is 3. The summed E-state index contributed by atoms with van der Waals surface area (Å²) in [6, 6.07) is -0.622. The van der Waals surface area contributed by atoms with Crippen LogP contribution in [0.15, 0.2) is 72.9 Å². The van der Waals surface area contributed by atoms with Crippen molar-refractivity contribution < 1.29 is 15.0 Å². The average Bonchev–Trinajstić information content (AvgIpc) is 3.09. The lowest BCUT2D eigenvalue weighted by Gasteiger charge is -2.20. The third kappa shape index (κ3) is 35.1. The molecule has 1 amide bonds. The van der Waals surface area contributed by atoms with Crippen molar-refractivity contribution >= 4 is 5.91 Å². The van der Waals surface area contributed by atoms with E-state index in [1.807, 2.05) is 6.08 Å². The molecule has 0 fully saturated rings. The first-order valence-electron chi connectivity index (χ1n) is 20.2. The maximum Gasteiger partial charge on any atom is 0.220 e. The molecule has 2 unspecified atom stereocenters. The van der Waals surface area contributed by atoms with Gasteiger partial charge in [0.25, 0.3) is 0 Å². The van der Waals surface area contributed by atoms with Crippen molar-refractivity contribution in [2.75, 3.05) is 6.61 Å². The topological polar surface area (TPSA) is 69.6 Å². The van der Waals surface area contributed by atoms with E-state index in [4.69, 9.17) is 0 Å². The van der Waals surface area contributed by atoms with Gasteiger partial charge in [-0.3, -0.25) is 4.79 Å². The highest BCUT2D eigenvalue weighted by molar-refractivity contribution is 5.76. The SMILES string of the molecule is CC/C=C\C/C=C\C/C=C\C/C=C\C/C=C\CCCCCCCCCCCCCCCC(=O)NC(CO)C(O)/C=C/CCCCCCC. The van der Waals surface area contributed by atoms with Gasteiger partial charge in [-0.2, -0.15) is 0 Å². The van der Waals surface area contributed by atoms with E-state index in [2.05, 4.69) is 79.9 Å². The molecule has 0 aromatic rings. The van der Waals surface area contributed by atoms with Crippen molar-refractivity contribution in [2.24, 2.45) is 0 Å². The predicted molar refractivity (Wildman–Crippen MR) is 211 cm³/mol. The van der Waals surface area contributed by atoms with E-state index in [9.17, 15) is 15.0 Å². The van der Waals surface area contributed by atoms with Crippen LogP contribution in [-0.2, 0) is 4.79 Å². The molecule has 2 atom stereocenters. The van der Waals surface area contributed by atoms with Crippen LogP contribution < -0.4 is 5.32 Å². The van der Waals surface area contributed by atoms with E-state index in [0.717, 1.165) is 57.8 Å². The Labute approximate surface area is 298 Å². The van der Waals surface area contributed by atoms with E-state index >= 15 is 0 Å². The van der Waals surface area contributed by atoms with Crippen molar-refractivity contribution in [3.63, 3.8) is 0 Å². The van der Waals surface area contributed by atoms with Crippen molar-refractivity contribution in [1.82, 2.24) is 5.32 Å². The molecular formula is C44H77NO3. The van der Waals surface area contributed by atoms with Gasteiger partial charge in [0.15, 0.2) is 0 Å². The van der Waals surface area contributed by atoms with Crippen molar-refractivity contribution in [3.05, 3.63) is 72.9 Å². The van der Waals surface area contributed by atoms with Crippen LogP contribution in [0.25, 0.3) is 0 Å². The molecule has 4 heteroatoms. The quantitative estimate of drug-likeness (QED) is 0.0465. The van der Waals surface area contributed by atoms with E-state index in [1.54, 1.807) is 6.08 Å². The second kappa shape index (κ2) is 39.3. The summed E-state index contributed by atoms with van der Waals surface area (Å²) in [6.07, 6.45) is 55.9. The van der Waals surface area contributed by atoms with Crippen LogP contribution in [0.5, 0.6) is 0 Å². The van der Waals surface area contributed by atoms with Gasteiger partial charge in [0.05, 0.1) is 18.8 Å². The van der Waals surface area contributed by atoms with Gasteiger partial charge in [-0.25, -0.2) is 0 Å². The molecule has 4 nitrogen and oxygen atoms in total. The Hall–Kier alpha value is -2.17. The standard InChI is InChI=1S/C44H77NO3/c1-3-5-7-9-11-12-13-14-15-16-17-18-19-20-21-22-23-24-25-26-27-28-29-30-31-32-34-36-38-40-44(48)45-42(41-46)43(47)39-37-35-33-10-8-6-4-2/h5,7,11-12,14-15,17-18,20-21,37,39,42-43,46-47H,3-4,6,8-10,13,16,19,22-36,38,40-41H2,1-2H3,(H,45,48)/b7-5-,12-11-,15-14-,18-17-,21-20-,39-37+. The lowest BCUT2D eigenvalue weighted by Crippen LogP contribution is -2.45. The number of hydrogen-bond donors (Lipinski definition) is 3. The number of aliphatic hydroxyl groups excluding tert-OH is 2. The average molecular weight is 668 g/mol. The number of carbonyl (C=O) groups excluding carboxylic acids is 1. The normalized spacial score (nSPS) is 13.8. The molecule has 0 heterocycles. The Kier molecular flexibility index (Phi) is 37.5. The van der Waals surface area contributed by atoms with Gasteiger partial charge in [0, 0.05) is 6.42 Å². The maximum absolute atomic E-state index is 12.3. The summed E-state index contributed by atoms with van der Waals surface area (Å²) < 4.78 is 0. The lowest BCUT2D eigenvalue weighted by atomic mass is 10.0. The van der Waals surface area contributed by atoms with Gasteiger partial charge >= 0.3 is 0 Å². The predicted octanol–water partition coefficient (Wildman–Crippen LogP) is 12.3. The molecule has 0 aromatic carbocycles. The van der Waals surface area contributed by atoms with Gasteiger partial charge in [-0.1, -0.05) is 183 Å². The Balaban J connectivity index is 3.51. The molecule has 0 aliphatic carbocycles. The number of nitrogens with one attached hydrogen (secondary N) is 1. The molecule has 276 valence electrons. The first-order valence-corrected chi connectivity index (χ1v) is 20.2. The summed E-state index contributed by atoms with van der Waals surface area (Å²) in [4.78, 5) is 12.3. The summed E-state index contributed by atoms with van der Waals surface area (Å²) >= 11 is 0. The molecule has 0 radical (unpaired) electrons. The Morgan fingerprint density at radius 1 is 0.521 bits per heavy atom. The van der Waals surface area contributed by atoms with E-state index in [-0.39, 0.29) is 12.5 Å². The highest BCUT2D eigenvalue weighted by atomic mass is 16.3. The number of allylic oxidation sites excluding steroid dienone is 11. The van der Waals surface area contributed by atoms with Crippen molar-refractivity contribution in [1.29, 1.82) is 0 Å². The van der Waals surface area contributed by atoms with Crippen LogP contribution in [-0.4, -0.2) is 34.9 Å². The number of amides is 1. The van der Waals surface area contributed by atoms with Crippen LogP contribution >= 0.6 is 0 Å². The minimum Gasteiger partial charge on any atom is -0.394 e. The van der Waals surface area contributed by atoms with Crippen molar-refractivity contribution in [3.8, 4) is 0 Å². The van der Waals surface area contributed by atoms with Gasteiger partial charge < -0.3 is 15.5 Å². The molecule has 0 saturated heterocycles. The first-order chi connectivity index (χ1) is 23.7. The molecule has 0 rings (SSSR count). The number of aliphatic hydroxyl groups is 2. The van der Waals surface area contributed by atoms with Crippen LogP contribution in [0.2, 0.25) is 0 Å². The number of rotatable bonds is 35. The number of carbonyl (C=O) groups is 1. The first kappa shape index (κ1) is 45.8. The molecule has 0 aliphatic rings. The Morgan fingerprint density at radius 3 is 1.38 bits per heavy atom. The fourth-order valence-electron chi connectivity index (χ4n) is 5.61. The number of unbranched alkanes of at least 4 members (excludes halogenated alkanes) is 18. The van der Waals surface area contributed by atoms with E-state index in [1.165, 1.54) is 103 Å². The van der Waals surface area contributed by atoms with Crippen LogP contribution in [0.4, 0.5) is 0 Å². The molecule has 0 spiro atoms.